The lowest BCUT2D eigenvalue weighted by molar-refractivity contribution is -0.153. The third-order valence-electron chi connectivity index (χ3n) is 3.98. The molecule has 4 nitrogen and oxygen atoms in total. The molecule has 2 fully saturated rings. The van der Waals surface area contributed by atoms with Crippen molar-refractivity contribution in [2.24, 2.45) is 11.8 Å². The SMILES string of the molecule is Nc1ccc(CN2C(=O)C3CCC(C3)C2=O)cc1. The second kappa shape index (κ2) is 4.12. The summed E-state index contributed by atoms with van der Waals surface area (Å²) >= 11 is 0. The average Bonchev–Trinajstić information content (AvgIpc) is 2.82. The molecule has 1 aliphatic carbocycles. The van der Waals surface area contributed by atoms with E-state index in [0.717, 1.165) is 24.8 Å². The van der Waals surface area contributed by atoms with E-state index in [4.69, 9.17) is 5.73 Å². The Balaban J connectivity index is 1.81. The van der Waals surface area contributed by atoms with Crippen LogP contribution >= 0.6 is 0 Å². The lowest BCUT2D eigenvalue weighted by Crippen LogP contribution is -2.45. The van der Waals surface area contributed by atoms with Crippen molar-refractivity contribution in [2.45, 2.75) is 25.8 Å². The van der Waals surface area contributed by atoms with Crippen LogP contribution < -0.4 is 5.73 Å². The van der Waals surface area contributed by atoms with Gasteiger partial charge in [-0.3, -0.25) is 14.5 Å². The van der Waals surface area contributed by atoms with E-state index in [1.807, 2.05) is 12.1 Å². The molecule has 1 heterocycles. The Labute approximate surface area is 106 Å². The number of anilines is 1. The molecular formula is C14H16N2O2. The fraction of sp³-hybridized carbons (Fsp3) is 0.429. The summed E-state index contributed by atoms with van der Waals surface area (Å²) in [5, 5.41) is 0. The lowest BCUT2D eigenvalue weighted by Gasteiger charge is -2.29. The second-order valence-corrected chi connectivity index (χ2v) is 5.21. The number of imide groups is 1. The maximum absolute atomic E-state index is 12.1. The van der Waals surface area contributed by atoms with Crippen LogP contribution in [0.1, 0.15) is 24.8 Å². The number of nitrogens with two attached hydrogens (primary N) is 1. The maximum Gasteiger partial charge on any atom is 0.232 e. The molecule has 94 valence electrons. The van der Waals surface area contributed by atoms with Crippen LogP contribution in [0, 0.1) is 11.8 Å². The van der Waals surface area contributed by atoms with Crippen molar-refractivity contribution < 1.29 is 9.59 Å². The van der Waals surface area contributed by atoms with Gasteiger partial charge in [0.1, 0.15) is 0 Å². The number of rotatable bonds is 2. The normalized spacial score (nSPS) is 26.8. The highest BCUT2D eigenvalue weighted by molar-refractivity contribution is 6.00. The summed E-state index contributed by atoms with van der Waals surface area (Å²) in [5.41, 5.74) is 7.26. The highest BCUT2D eigenvalue weighted by Crippen LogP contribution is 2.38. The van der Waals surface area contributed by atoms with Gasteiger partial charge in [0, 0.05) is 17.5 Å². The number of carbonyl (C=O) groups excluding carboxylic acids is 2. The van der Waals surface area contributed by atoms with Crippen LogP contribution in [0.2, 0.25) is 0 Å². The molecule has 2 atom stereocenters. The molecule has 0 aromatic heterocycles. The number of hydrogen-bond acceptors (Lipinski definition) is 3. The van der Waals surface area contributed by atoms with Gasteiger partial charge in [-0.2, -0.15) is 0 Å². The van der Waals surface area contributed by atoms with Crippen molar-refractivity contribution in [3.63, 3.8) is 0 Å². The highest BCUT2D eigenvalue weighted by Gasteiger charge is 2.44. The predicted octanol–water partition coefficient (Wildman–Crippen LogP) is 1.55. The Morgan fingerprint density at radius 2 is 1.61 bits per heavy atom. The topological polar surface area (TPSA) is 63.4 Å². The fourth-order valence-corrected chi connectivity index (χ4v) is 2.94. The highest BCUT2D eigenvalue weighted by atomic mass is 16.2. The molecule has 1 saturated heterocycles. The minimum absolute atomic E-state index is 0.00516. The van der Waals surface area contributed by atoms with E-state index in [-0.39, 0.29) is 23.7 Å². The molecular weight excluding hydrogens is 228 g/mol. The first-order valence-corrected chi connectivity index (χ1v) is 6.35. The molecule has 1 saturated carbocycles. The van der Waals surface area contributed by atoms with Crippen molar-refractivity contribution >= 4 is 17.5 Å². The number of piperidine rings is 1. The Morgan fingerprint density at radius 1 is 1.06 bits per heavy atom. The predicted molar refractivity (Wildman–Crippen MR) is 67.2 cm³/mol. The summed E-state index contributed by atoms with van der Waals surface area (Å²) in [5.74, 6) is 0.152. The summed E-state index contributed by atoms with van der Waals surface area (Å²) in [6, 6.07) is 7.32. The first kappa shape index (κ1) is 11.3. The van der Waals surface area contributed by atoms with E-state index in [0.29, 0.717) is 12.2 Å². The molecule has 2 aliphatic rings. The maximum atomic E-state index is 12.1. The Morgan fingerprint density at radius 3 is 2.17 bits per heavy atom. The molecule has 4 heteroatoms. The summed E-state index contributed by atoms with van der Waals surface area (Å²) < 4.78 is 0. The fourth-order valence-electron chi connectivity index (χ4n) is 2.94. The molecule has 2 N–H and O–H groups in total. The summed E-state index contributed by atoms with van der Waals surface area (Å²) in [6.07, 6.45) is 2.50. The van der Waals surface area contributed by atoms with Crippen LogP contribution in [0.4, 0.5) is 5.69 Å². The van der Waals surface area contributed by atoms with Gasteiger partial charge in [-0.25, -0.2) is 0 Å². The van der Waals surface area contributed by atoms with Crippen LogP contribution in [0.25, 0.3) is 0 Å². The molecule has 1 aliphatic heterocycles. The molecule has 0 spiro atoms. The number of nitrogen functional groups attached to an aromatic ring is 1. The van der Waals surface area contributed by atoms with Gasteiger partial charge in [0.2, 0.25) is 11.8 Å². The Kier molecular flexibility index (Phi) is 2.58. The molecule has 2 amide bonds. The monoisotopic (exact) mass is 244 g/mol. The number of benzene rings is 1. The zero-order valence-corrected chi connectivity index (χ0v) is 10.1. The molecule has 1 aromatic rings. The molecule has 3 rings (SSSR count). The number of amides is 2. The standard InChI is InChI=1S/C14H16N2O2/c15-12-5-1-9(2-6-12)8-16-13(17)10-3-4-11(7-10)14(16)18/h1-2,5-6,10-11H,3-4,7-8,15H2. The Bertz CT molecular complexity index is 473. The molecule has 0 radical (unpaired) electrons. The third kappa shape index (κ3) is 1.78. The molecule has 2 bridgehead atoms. The van der Waals surface area contributed by atoms with Crippen molar-refractivity contribution in [3.05, 3.63) is 29.8 Å². The molecule has 1 aromatic carbocycles. The average molecular weight is 244 g/mol. The zero-order chi connectivity index (χ0) is 12.7. The minimum Gasteiger partial charge on any atom is -0.399 e. The van der Waals surface area contributed by atoms with E-state index < -0.39 is 0 Å². The van der Waals surface area contributed by atoms with Crippen LogP contribution in [0.3, 0.4) is 0 Å². The van der Waals surface area contributed by atoms with Gasteiger partial charge in [-0.1, -0.05) is 12.1 Å². The molecule has 18 heavy (non-hydrogen) atoms. The van der Waals surface area contributed by atoms with Crippen molar-refractivity contribution in [2.75, 3.05) is 5.73 Å². The van der Waals surface area contributed by atoms with Gasteiger partial charge in [-0.15, -0.1) is 0 Å². The first-order valence-electron chi connectivity index (χ1n) is 6.35. The van der Waals surface area contributed by atoms with E-state index in [2.05, 4.69) is 0 Å². The summed E-state index contributed by atoms with van der Waals surface area (Å²) in [7, 11) is 0. The minimum atomic E-state index is 0.00516. The van der Waals surface area contributed by atoms with Gasteiger partial charge in [0.15, 0.2) is 0 Å². The van der Waals surface area contributed by atoms with Gasteiger partial charge in [-0.05, 0) is 37.0 Å². The Hall–Kier alpha value is -1.84. The van der Waals surface area contributed by atoms with Crippen LogP contribution in [0.15, 0.2) is 24.3 Å². The number of hydrogen-bond donors (Lipinski definition) is 1. The van der Waals surface area contributed by atoms with Gasteiger partial charge in [0.25, 0.3) is 0 Å². The summed E-state index contributed by atoms with van der Waals surface area (Å²) in [6.45, 7) is 0.380. The third-order valence-corrected chi connectivity index (χ3v) is 3.98. The van der Waals surface area contributed by atoms with Gasteiger partial charge in [0.05, 0.1) is 6.54 Å². The quantitative estimate of drug-likeness (QED) is 0.634. The number of likely N-dealkylation sites (tertiary alicyclic amines) is 1. The van der Waals surface area contributed by atoms with Crippen molar-refractivity contribution in [1.29, 1.82) is 0 Å². The number of nitrogens with zero attached hydrogens (tertiary/aromatic N) is 1. The van der Waals surface area contributed by atoms with E-state index in [1.165, 1.54) is 4.90 Å². The van der Waals surface area contributed by atoms with E-state index in [1.54, 1.807) is 12.1 Å². The van der Waals surface area contributed by atoms with E-state index in [9.17, 15) is 9.59 Å². The van der Waals surface area contributed by atoms with Crippen LogP contribution in [-0.4, -0.2) is 16.7 Å². The second-order valence-electron chi connectivity index (χ2n) is 5.21. The van der Waals surface area contributed by atoms with Crippen molar-refractivity contribution in [1.82, 2.24) is 4.90 Å². The van der Waals surface area contributed by atoms with E-state index >= 15 is 0 Å². The zero-order valence-electron chi connectivity index (χ0n) is 10.1. The number of carbonyl (C=O) groups is 2. The van der Waals surface area contributed by atoms with Crippen LogP contribution in [-0.2, 0) is 16.1 Å². The molecule has 2 unspecified atom stereocenters. The van der Waals surface area contributed by atoms with Crippen molar-refractivity contribution in [3.8, 4) is 0 Å². The first-order chi connectivity index (χ1) is 8.65. The van der Waals surface area contributed by atoms with Gasteiger partial charge >= 0.3 is 0 Å². The number of fused-ring (bicyclic) bond motifs is 2. The largest absolute Gasteiger partial charge is 0.399 e. The van der Waals surface area contributed by atoms with Gasteiger partial charge < -0.3 is 5.73 Å². The smallest absolute Gasteiger partial charge is 0.232 e. The summed E-state index contributed by atoms with van der Waals surface area (Å²) in [4.78, 5) is 25.7. The van der Waals surface area contributed by atoms with Crippen LogP contribution in [0.5, 0.6) is 0 Å². The lowest BCUT2D eigenvalue weighted by atomic mass is 9.96.